The molecule has 0 aromatic rings. The maximum atomic E-state index is 5.45. The largest absolute Gasteiger partial charge is 0.0549 e. The average molecular weight is 234 g/mol. The SMILES string of the molecule is ClSCCS(Cl)(Cl)Cl. The van der Waals surface area contributed by atoms with E-state index in [-0.39, 0.29) is 0 Å². The van der Waals surface area contributed by atoms with Gasteiger partial charge in [0.1, 0.15) is 0 Å². The molecule has 0 aliphatic heterocycles. The zero-order valence-electron chi connectivity index (χ0n) is 3.74. The summed E-state index contributed by atoms with van der Waals surface area (Å²) in [4.78, 5) is 0. The molecule has 0 aromatic heterocycles. The van der Waals surface area contributed by atoms with E-state index in [1.165, 1.54) is 11.0 Å². The molecule has 0 aliphatic rings. The topological polar surface area (TPSA) is 0 Å². The van der Waals surface area contributed by atoms with Crippen molar-refractivity contribution >= 4 is 61.4 Å². The minimum Gasteiger partial charge on any atom is -0.0549 e. The molecule has 0 fully saturated rings. The van der Waals surface area contributed by atoms with Gasteiger partial charge in [-0.1, -0.05) is 11.0 Å². The Labute approximate surface area is 72.5 Å². The maximum Gasteiger partial charge on any atom is 0.0267 e. The lowest BCUT2D eigenvalue weighted by Crippen LogP contribution is -1.84. The van der Waals surface area contributed by atoms with Crippen LogP contribution in [0.25, 0.3) is 0 Å². The second kappa shape index (κ2) is 4.64. The summed E-state index contributed by atoms with van der Waals surface area (Å²) in [5.41, 5.74) is 0. The van der Waals surface area contributed by atoms with E-state index >= 15 is 0 Å². The predicted octanol–water partition coefficient (Wildman–Crippen LogP) is 4.14. The van der Waals surface area contributed by atoms with Gasteiger partial charge in [-0.15, -0.1) is 0 Å². The van der Waals surface area contributed by atoms with E-state index in [4.69, 9.17) is 42.7 Å². The van der Waals surface area contributed by atoms with Gasteiger partial charge in [-0.05, 0) is 50.4 Å². The summed E-state index contributed by atoms with van der Waals surface area (Å²) < 4.78 is 0. The highest BCUT2D eigenvalue weighted by atomic mass is 36.2. The zero-order chi connectivity index (χ0) is 6.62. The van der Waals surface area contributed by atoms with Gasteiger partial charge in [0.25, 0.3) is 0 Å². The Balaban J connectivity index is 3.11. The maximum absolute atomic E-state index is 5.45. The van der Waals surface area contributed by atoms with Gasteiger partial charge in [0.05, 0.1) is 0 Å². The summed E-state index contributed by atoms with van der Waals surface area (Å²) in [5, 5.41) is 0. The molecule has 8 heavy (non-hydrogen) atoms. The van der Waals surface area contributed by atoms with Crippen molar-refractivity contribution in [3.8, 4) is 0 Å². The molecule has 0 aromatic carbocycles. The summed E-state index contributed by atoms with van der Waals surface area (Å²) in [7, 11) is 20.9. The lowest BCUT2D eigenvalue weighted by Gasteiger charge is -2.12. The van der Waals surface area contributed by atoms with Crippen LogP contribution in [0.2, 0.25) is 0 Å². The Bertz CT molecular complexity index is 59.5. The zero-order valence-corrected chi connectivity index (χ0v) is 8.40. The molecule has 6 heteroatoms. The fraction of sp³-hybridized carbons (Fsp3) is 1.00. The quantitative estimate of drug-likeness (QED) is 0.707. The molecule has 0 unspecified atom stereocenters. The highest BCUT2D eigenvalue weighted by molar-refractivity contribution is 8.79. The highest BCUT2D eigenvalue weighted by Crippen LogP contribution is 2.63. The van der Waals surface area contributed by atoms with Gasteiger partial charge in [0.15, 0.2) is 0 Å². The molecule has 0 heterocycles. The van der Waals surface area contributed by atoms with Gasteiger partial charge in [-0.25, -0.2) is 0 Å². The van der Waals surface area contributed by atoms with Crippen molar-refractivity contribution < 1.29 is 0 Å². The first-order valence-corrected chi connectivity index (χ1v) is 7.79. The lowest BCUT2D eigenvalue weighted by molar-refractivity contribution is 1.57. The molecule has 0 atom stereocenters. The summed E-state index contributed by atoms with van der Waals surface area (Å²) in [6.45, 7) is 0. The van der Waals surface area contributed by atoms with Gasteiger partial charge >= 0.3 is 0 Å². The normalized spacial score (nSPS) is 14.0. The van der Waals surface area contributed by atoms with Crippen LogP contribution < -0.4 is 0 Å². The van der Waals surface area contributed by atoms with Gasteiger partial charge in [0, 0.05) is 11.5 Å². The summed E-state index contributed by atoms with van der Waals surface area (Å²) in [6, 6.07) is 0. The molecule has 0 nitrogen and oxygen atoms in total. The Morgan fingerprint density at radius 2 is 1.75 bits per heavy atom. The van der Waals surface area contributed by atoms with Crippen LogP contribution in [0, 0.1) is 0 Å². The number of hydrogen-bond acceptors (Lipinski definition) is 1. The van der Waals surface area contributed by atoms with Crippen LogP contribution in [-0.4, -0.2) is 11.5 Å². The van der Waals surface area contributed by atoms with Crippen molar-refractivity contribution in [1.82, 2.24) is 0 Å². The molecule has 0 spiro atoms. The molecule has 0 amide bonds. The molecule has 52 valence electrons. The van der Waals surface area contributed by atoms with Crippen molar-refractivity contribution in [3.63, 3.8) is 0 Å². The van der Waals surface area contributed by atoms with Crippen LogP contribution in [0.4, 0.5) is 0 Å². The van der Waals surface area contributed by atoms with Crippen LogP contribution >= 0.6 is 61.4 Å². The van der Waals surface area contributed by atoms with E-state index in [1.807, 2.05) is 0 Å². The molecule has 0 rings (SSSR count). The number of hydrogen-bond donors (Lipinski definition) is 0. The Morgan fingerprint density at radius 3 is 1.88 bits per heavy atom. The Kier molecular flexibility index (Phi) is 5.72. The van der Waals surface area contributed by atoms with E-state index in [0.29, 0.717) is 11.5 Å². The number of rotatable bonds is 3. The van der Waals surface area contributed by atoms with Crippen molar-refractivity contribution in [2.45, 2.75) is 0 Å². The Morgan fingerprint density at radius 1 is 1.25 bits per heavy atom. The second-order valence-electron chi connectivity index (χ2n) is 1.02. The van der Waals surface area contributed by atoms with E-state index in [2.05, 4.69) is 0 Å². The molecule has 0 radical (unpaired) electrons. The van der Waals surface area contributed by atoms with Gasteiger partial charge in [-0.2, -0.15) is 0 Å². The van der Waals surface area contributed by atoms with Gasteiger partial charge < -0.3 is 0 Å². The standard InChI is InChI=1S/C2H4Cl4S2/c3-7-1-2-8(4,5)6/h1-2H2. The first-order chi connectivity index (χ1) is 3.56. The first-order valence-electron chi connectivity index (χ1n) is 1.69. The Hall–Kier alpha value is 1.86. The second-order valence-corrected chi connectivity index (χ2v) is 9.88. The van der Waals surface area contributed by atoms with Crippen LogP contribution in [0.1, 0.15) is 0 Å². The van der Waals surface area contributed by atoms with Crippen LogP contribution in [0.15, 0.2) is 0 Å². The molecular formula is C2H4Cl4S2. The minimum absolute atomic E-state index is 0.575. The third-order valence-electron chi connectivity index (χ3n) is 0.392. The van der Waals surface area contributed by atoms with E-state index in [0.717, 1.165) is 0 Å². The average Bonchev–Trinajstić information content (AvgIpc) is 1.59. The summed E-state index contributed by atoms with van der Waals surface area (Å²) >= 11 is 0. The molecule has 0 N–H and O–H groups in total. The van der Waals surface area contributed by atoms with E-state index in [1.54, 1.807) is 0 Å². The van der Waals surface area contributed by atoms with Crippen LogP contribution in [0.3, 0.4) is 0 Å². The first kappa shape index (κ1) is 9.86. The third-order valence-corrected chi connectivity index (χ3v) is 3.53. The van der Waals surface area contributed by atoms with Crippen molar-refractivity contribution in [3.05, 3.63) is 0 Å². The minimum atomic E-state index is -1.87. The van der Waals surface area contributed by atoms with Gasteiger partial charge in [-0.3, -0.25) is 0 Å². The monoisotopic (exact) mass is 232 g/mol. The molecular weight excluding hydrogens is 230 g/mol. The molecule has 0 saturated carbocycles. The third kappa shape index (κ3) is 7.86. The van der Waals surface area contributed by atoms with Crippen molar-refractivity contribution in [2.24, 2.45) is 0 Å². The van der Waals surface area contributed by atoms with Crippen LogP contribution in [-0.2, 0) is 0 Å². The molecule has 0 saturated heterocycles. The smallest absolute Gasteiger partial charge is 0.0267 e. The van der Waals surface area contributed by atoms with Crippen molar-refractivity contribution in [1.29, 1.82) is 0 Å². The molecule has 0 bridgehead atoms. The highest BCUT2D eigenvalue weighted by Gasteiger charge is 2.11. The summed E-state index contributed by atoms with van der Waals surface area (Å²) in [5.74, 6) is 1.28. The predicted molar refractivity (Wildman–Crippen MR) is 48.3 cm³/mol. The fourth-order valence-corrected chi connectivity index (χ4v) is 3.40. The lowest BCUT2D eigenvalue weighted by atomic mass is 11.0. The fourth-order valence-electron chi connectivity index (χ4n) is 0.126. The van der Waals surface area contributed by atoms with E-state index in [9.17, 15) is 0 Å². The number of halogens is 4. The van der Waals surface area contributed by atoms with Gasteiger partial charge in [0.2, 0.25) is 0 Å². The summed E-state index contributed by atoms with van der Waals surface area (Å²) in [6.07, 6.45) is 0. The van der Waals surface area contributed by atoms with Crippen molar-refractivity contribution in [2.75, 3.05) is 11.5 Å². The van der Waals surface area contributed by atoms with E-state index < -0.39 is 7.67 Å². The molecule has 0 aliphatic carbocycles. The van der Waals surface area contributed by atoms with Crippen LogP contribution in [0.5, 0.6) is 0 Å².